The number of amides is 3. The van der Waals surface area contributed by atoms with Gasteiger partial charge in [0.1, 0.15) is 11.8 Å². The van der Waals surface area contributed by atoms with Crippen molar-refractivity contribution in [3.63, 3.8) is 0 Å². The van der Waals surface area contributed by atoms with E-state index in [1.165, 1.54) is 0 Å². The molecule has 3 atom stereocenters. The molecule has 1 aliphatic rings. The quantitative estimate of drug-likeness (QED) is 0.860. The summed E-state index contributed by atoms with van der Waals surface area (Å²) >= 11 is 0. The average Bonchev–Trinajstić information content (AvgIpc) is 2.61. The number of urea groups is 1. The Morgan fingerprint density at radius 2 is 1.92 bits per heavy atom. The zero-order chi connectivity index (χ0) is 18.4. The molecule has 0 bridgehead atoms. The highest BCUT2D eigenvalue weighted by atomic mass is 16.5. The lowest BCUT2D eigenvalue weighted by Gasteiger charge is -2.35. The van der Waals surface area contributed by atoms with E-state index in [0.29, 0.717) is 0 Å². The Bertz CT molecular complexity index is 605. The molecule has 6 heteroatoms. The summed E-state index contributed by atoms with van der Waals surface area (Å²) in [7, 11) is 1.60. The molecule has 1 aliphatic heterocycles. The van der Waals surface area contributed by atoms with E-state index < -0.39 is 6.04 Å². The SMILES string of the molecule is COc1ccccc1C(C)NC(=O)NC(C)C(=O)N1CCCCC1C. The fourth-order valence-electron chi connectivity index (χ4n) is 3.27. The van der Waals surface area contributed by atoms with E-state index >= 15 is 0 Å². The smallest absolute Gasteiger partial charge is 0.315 e. The van der Waals surface area contributed by atoms with Crippen molar-refractivity contribution in [1.82, 2.24) is 15.5 Å². The minimum atomic E-state index is -0.551. The van der Waals surface area contributed by atoms with Crippen LogP contribution in [0.3, 0.4) is 0 Å². The number of hydrogen-bond acceptors (Lipinski definition) is 3. The van der Waals surface area contributed by atoms with E-state index in [2.05, 4.69) is 17.6 Å². The van der Waals surface area contributed by atoms with Gasteiger partial charge >= 0.3 is 6.03 Å². The van der Waals surface area contributed by atoms with Gasteiger partial charge in [-0.15, -0.1) is 0 Å². The summed E-state index contributed by atoms with van der Waals surface area (Å²) in [6, 6.07) is 6.65. The van der Waals surface area contributed by atoms with Crippen molar-refractivity contribution in [2.75, 3.05) is 13.7 Å². The maximum atomic E-state index is 12.6. The minimum Gasteiger partial charge on any atom is -0.496 e. The number of rotatable bonds is 5. The summed E-state index contributed by atoms with van der Waals surface area (Å²) in [5.41, 5.74) is 0.892. The lowest BCUT2D eigenvalue weighted by atomic mass is 10.0. The third-order valence-electron chi connectivity index (χ3n) is 4.76. The highest BCUT2D eigenvalue weighted by molar-refractivity contribution is 5.87. The summed E-state index contributed by atoms with van der Waals surface area (Å²) in [5, 5.41) is 5.62. The van der Waals surface area contributed by atoms with Gasteiger partial charge in [-0.2, -0.15) is 0 Å². The number of piperidine rings is 1. The molecule has 3 unspecified atom stereocenters. The van der Waals surface area contributed by atoms with Crippen LogP contribution in [0.2, 0.25) is 0 Å². The van der Waals surface area contributed by atoms with E-state index in [-0.39, 0.29) is 24.0 Å². The van der Waals surface area contributed by atoms with E-state index in [4.69, 9.17) is 4.74 Å². The normalized spacial score (nSPS) is 19.7. The number of benzene rings is 1. The van der Waals surface area contributed by atoms with Gasteiger partial charge < -0.3 is 20.3 Å². The standard InChI is InChI=1S/C19H29N3O3/c1-13-9-7-8-12-22(13)18(23)15(3)21-19(24)20-14(2)16-10-5-6-11-17(16)25-4/h5-6,10-11,13-15H,7-9,12H2,1-4H3,(H2,20,21,24). The number of carbonyl (C=O) groups excluding carboxylic acids is 2. The maximum Gasteiger partial charge on any atom is 0.315 e. The van der Waals surface area contributed by atoms with Crippen molar-refractivity contribution in [3.05, 3.63) is 29.8 Å². The minimum absolute atomic E-state index is 0.0210. The predicted molar refractivity (Wildman–Crippen MR) is 97.6 cm³/mol. The zero-order valence-corrected chi connectivity index (χ0v) is 15.5. The summed E-state index contributed by atoms with van der Waals surface area (Å²) < 4.78 is 5.33. The van der Waals surface area contributed by atoms with Crippen LogP contribution >= 0.6 is 0 Å². The molecular weight excluding hydrogens is 318 g/mol. The van der Waals surface area contributed by atoms with Gasteiger partial charge in [-0.1, -0.05) is 18.2 Å². The van der Waals surface area contributed by atoms with Crippen LogP contribution < -0.4 is 15.4 Å². The first kappa shape index (κ1) is 19.1. The summed E-state index contributed by atoms with van der Waals surface area (Å²) in [6.07, 6.45) is 3.21. The highest BCUT2D eigenvalue weighted by Crippen LogP contribution is 2.24. The van der Waals surface area contributed by atoms with Crippen LogP contribution in [0.15, 0.2) is 24.3 Å². The number of nitrogens with zero attached hydrogens (tertiary/aromatic N) is 1. The Hall–Kier alpha value is -2.24. The monoisotopic (exact) mass is 347 g/mol. The summed E-state index contributed by atoms with van der Waals surface area (Å²) in [6.45, 7) is 6.45. The average molecular weight is 347 g/mol. The Morgan fingerprint density at radius 3 is 2.60 bits per heavy atom. The number of ether oxygens (including phenoxy) is 1. The fraction of sp³-hybridized carbons (Fsp3) is 0.579. The first-order valence-electron chi connectivity index (χ1n) is 8.94. The third kappa shape index (κ3) is 4.87. The largest absolute Gasteiger partial charge is 0.496 e. The van der Waals surface area contributed by atoms with E-state index in [0.717, 1.165) is 37.1 Å². The van der Waals surface area contributed by atoms with E-state index in [1.54, 1.807) is 14.0 Å². The van der Waals surface area contributed by atoms with Crippen LogP contribution in [0.5, 0.6) is 5.75 Å². The van der Waals surface area contributed by atoms with Gasteiger partial charge in [0.05, 0.1) is 13.2 Å². The van der Waals surface area contributed by atoms with Crippen LogP contribution in [-0.4, -0.2) is 42.6 Å². The zero-order valence-electron chi connectivity index (χ0n) is 15.5. The second kappa shape index (κ2) is 8.74. The molecule has 25 heavy (non-hydrogen) atoms. The van der Waals surface area contributed by atoms with Crippen molar-refractivity contribution in [2.45, 2.75) is 58.2 Å². The number of nitrogens with one attached hydrogen (secondary N) is 2. The Balaban J connectivity index is 1.91. The van der Waals surface area contributed by atoms with Gasteiger partial charge in [0.2, 0.25) is 5.91 Å². The Morgan fingerprint density at radius 1 is 1.20 bits per heavy atom. The number of methoxy groups -OCH3 is 1. The molecule has 6 nitrogen and oxygen atoms in total. The van der Waals surface area contributed by atoms with Crippen LogP contribution in [-0.2, 0) is 4.79 Å². The lowest BCUT2D eigenvalue weighted by Crippen LogP contribution is -2.53. The highest BCUT2D eigenvalue weighted by Gasteiger charge is 2.28. The van der Waals surface area contributed by atoms with Crippen molar-refractivity contribution in [1.29, 1.82) is 0 Å². The maximum absolute atomic E-state index is 12.6. The number of likely N-dealkylation sites (tertiary alicyclic amines) is 1. The molecule has 1 aromatic carbocycles. The van der Waals surface area contributed by atoms with Crippen molar-refractivity contribution < 1.29 is 14.3 Å². The van der Waals surface area contributed by atoms with Gasteiger partial charge in [0.25, 0.3) is 0 Å². The fourth-order valence-corrected chi connectivity index (χ4v) is 3.27. The summed E-state index contributed by atoms with van der Waals surface area (Å²) in [5.74, 6) is 0.703. The molecule has 2 rings (SSSR count). The van der Waals surface area contributed by atoms with Gasteiger partial charge in [-0.05, 0) is 46.1 Å². The second-order valence-corrected chi connectivity index (χ2v) is 6.68. The molecule has 0 radical (unpaired) electrons. The van der Waals surface area contributed by atoms with Crippen molar-refractivity contribution >= 4 is 11.9 Å². The van der Waals surface area contributed by atoms with E-state index in [1.807, 2.05) is 36.1 Å². The molecule has 138 valence electrons. The lowest BCUT2D eigenvalue weighted by molar-refractivity contribution is -0.136. The molecule has 1 saturated heterocycles. The molecular formula is C19H29N3O3. The molecule has 0 spiro atoms. The summed E-state index contributed by atoms with van der Waals surface area (Å²) in [4.78, 5) is 26.7. The number of carbonyl (C=O) groups is 2. The molecule has 1 heterocycles. The van der Waals surface area contributed by atoms with Gasteiger partial charge in [0.15, 0.2) is 0 Å². The van der Waals surface area contributed by atoms with Crippen LogP contribution in [0.1, 0.15) is 51.6 Å². The second-order valence-electron chi connectivity index (χ2n) is 6.68. The Kier molecular flexibility index (Phi) is 6.67. The molecule has 0 saturated carbocycles. The Labute approximate surface area is 149 Å². The molecule has 0 aliphatic carbocycles. The van der Waals surface area contributed by atoms with Gasteiger partial charge in [-0.25, -0.2) is 4.79 Å². The predicted octanol–water partition coefficient (Wildman–Crippen LogP) is 2.84. The van der Waals surface area contributed by atoms with Crippen LogP contribution in [0.4, 0.5) is 4.79 Å². The third-order valence-corrected chi connectivity index (χ3v) is 4.76. The van der Waals surface area contributed by atoms with Crippen molar-refractivity contribution in [2.24, 2.45) is 0 Å². The molecule has 1 aromatic rings. The molecule has 0 aromatic heterocycles. The van der Waals surface area contributed by atoms with Crippen LogP contribution in [0.25, 0.3) is 0 Å². The first-order chi connectivity index (χ1) is 11.9. The first-order valence-corrected chi connectivity index (χ1v) is 8.94. The topological polar surface area (TPSA) is 70.7 Å². The molecule has 2 N–H and O–H groups in total. The number of hydrogen-bond donors (Lipinski definition) is 2. The van der Waals surface area contributed by atoms with Crippen LogP contribution in [0, 0.1) is 0 Å². The number of para-hydroxylation sites is 1. The van der Waals surface area contributed by atoms with Gasteiger partial charge in [0, 0.05) is 18.2 Å². The van der Waals surface area contributed by atoms with Gasteiger partial charge in [-0.3, -0.25) is 4.79 Å². The van der Waals surface area contributed by atoms with E-state index in [9.17, 15) is 9.59 Å². The van der Waals surface area contributed by atoms with Crippen molar-refractivity contribution in [3.8, 4) is 5.75 Å². The molecule has 1 fully saturated rings. The molecule has 3 amide bonds.